The van der Waals surface area contributed by atoms with Gasteiger partial charge in [0.25, 0.3) is 0 Å². The van der Waals surface area contributed by atoms with Gasteiger partial charge < -0.3 is 0 Å². The van der Waals surface area contributed by atoms with Gasteiger partial charge in [0.15, 0.2) is 0 Å². The molecule has 70 valence electrons. The molecular weight excluding hydrogens is 162 g/mol. The highest BCUT2D eigenvalue weighted by Crippen LogP contribution is 2.13. The molecule has 0 aliphatic heterocycles. The van der Waals surface area contributed by atoms with Crippen molar-refractivity contribution >= 4 is 0 Å². The van der Waals surface area contributed by atoms with E-state index in [1.165, 1.54) is 0 Å². The molecule has 3 nitrogen and oxygen atoms in total. The summed E-state index contributed by atoms with van der Waals surface area (Å²) in [7, 11) is 0. The summed E-state index contributed by atoms with van der Waals surface area (Å²) in [6, 6.07) is 2.13. The quantitative estimate of drug-likeness (QED) is 0.694. The lowest BCUT2D eigenvalue weighted by atomic mass is 10.1. The molecule has 0 radical (unpaired) electrons. The Bertz CT molecular complexity index is 312. The summed E-state index contributed by atoms with van der Waals surface area (Å²) in [6.07, 6.45) is 5.21. The Morgan fingerprint density at radius 3 is 2.69 bits per heavy atom. The first-order valence-electron chi connectivity index (χ1n) is 4.45. The molecule has 1 aromatic heterocycles. The highest BCUT2D eigenvalue weighted by Gasteiger charge is 2.13. The van der Waals surface area contributed by atoms with E-state index in [1.807, 2.05) is 17.1 Å². The summed E-state index contributed by atoms with van der Waals surface area (Å²) < 4.78 is 1.93. The molecule has 0 N–H and O–H groups in total. The third-order valence-electron chi connectivity index (χ3n) is 1.85. The largest absolute Gasteiger partial charge is 0.267 e. The van der Waals surface area contributed by atoms with Gasteiger partial charge in [-0.1, -0.05) is 0 Å². The lowest BCUT2D eigenvalue weighted by Gasteiger charge is -2.18. The molecule has 0 aliphatic rings. The van der Waals surface area contributed by atoms with E-state index in [9.17, 15) is 0 Å². The Balaban J connectivity index is 2.71. The Labute approximate surface area is 79.0 Å². The van der Waals surface area contributed by atoms with Crippen LogP contribution in [0.25, 0.3) is 0 Å². The Morgan fingerprint density at radius 2 is 2.23 bits per heavy atom. The van der Waals surface area contributed by atoms with Gasteiger partial charge in [0.1, 0.15) is 0 Å². The summed E-state index contributed by atoms with van der Waals surface area (Å²) in [6.45, 7) is 6.32. The number of aromatic nitrogens is 2. The molecule has 1 aromatic rings. The van der Waals surface area contributed by atoms with Crippen molar-refractivity contribution in [2.24, 2.45) is 0 Å². The predicted molar refractivity (Wildman–Crippen MR) is 51.2 cm³/mol. The minimum atomic E-state index is 0.0326. The van der Waals surface area contributed by atoms with Gasteiger partial charge in [-0.3, -0.25) is 4.68 Å². The average Bonchev–Trinajstić information content (AvgIpc) is 2.47. The zero-order chi connectivity index (χ0) is 9.90. The molecule has 13 heavy (non-hydrogen) atoms. The van der Waals surface area contributed by atoms with Crippen molar-refractivity contribution in [3.05, 3.63) is 18.0 Å². The topological polar surface area (TPSA) is 41.6 Å². The van der Waals surface area contributed by atoms with Crippen LogP contribution in [0.15, 0.2) is 12.4 Å². The standard InChI is InChI=1S/C10H15N3/c1-10(2,3)13-8-9(7-12-13)5-4-6-11/h7-8H,4-5H2,1-3H3. The van der Waals surface area contributed by atoms with Crippen LogP contribution in [0.2, 0.25) is 0 Å². The fraction of sp³-hybridized carbons (Fsp3) is 0.600. The van der Waals surface area contributed by atoms with E-state index in [-0.39, 0.29) is 5.54 Å². The molecular formula is C10H15N3. The van der Waals surface area contributed by atoms with Crippen LogP contribution >= 0.6 is 0 Å². The van der Waals surface area contributed by atoms with E-state index in [1.54, 1.807) is 0 Å². The normalized spacial score (nSPS) is 11.2. The monoisotopic (exact) mass is 177 g/mol. The minimum Gasteiger partial charge on any atom is -0.267 e. The first kappa shape index (κ1) is 9.79. The number of rotatable bonds is 2. The Hall–Kier alpha value is -1.30. The maximum Gasteiger partial charge on any atom is 0.0625 e. The molecule has 0 saturated heterocycles. The first-order valence-corrected chi connectivity index (χ1v) is 4.45. The van der Waals surface area contributed by atoms with Gasteiger partial charge in [0.2, 0.25) is 0 Å². The zero-order valence-corrected chi connectivity index (χ0v) is 8.41. The molecule has 0 atom stereocenters. The van der Waals surface area contributed by atoms with E-state index in [4.69, 9.17) is 5.26 Å². The van der Waals surface area contributed by atoms with Crippen molar-refractivity contribution in [1.82, 2.24) is 9.78 Å². The number of nitriles is 1. The van der Waals surface area contributed by atoms with Gasteiger partial charge in [-0.2, -0.15) is 10.4 Å². The Morgan fingerprint density at radius 1 is 1.54 bits per heavy atom. The highest BCUT2D eigenvalue weighted by atomic mass is 15.3. The van der Waals surface area contributed by atoms with Crippen LogP contribution in [-0.2, 0) is 12.0 Å². The molecule has 0 amide bonds. The molecule has 1 heterocycles. The lowest BCUT2D eigenvalue weighted by Crippen LogP contribution is -2.21. The molecule has 0 bridgehead atoms. The Kier molecular flexibility index (Phi) is 2.72. The van der Waals surface area contributed by atoms with Gasteiger partial charge in [0.05, 0.1) is 17.8 Å². The molecule has 0 fully saturated rings. The van der Waals surface area contributed by atoms with E-state index in [2.05, 4.69) is 31.9 Å². The maximum atomic E-state index is 8.42. The minimum absolute atomic E-state index is 0.0326. The third-order valence-corrected chi connectivity index (χ3v) is 1.85. The van der Waals surface area contributed by atoms with Crippen molar-refractivity contribution in [2.75, 3.05) is 0 Å². The molecule has 0 saturated carbocycles. The molecule has 1 rings (SSSR count). The van der Waals surface area contributed by atoms with Crippen molar-refractivity contribution in [1.29, 1.82) is 5.26 Å². The molecule has 0 aliphatic carbocycles. The van der Waals surface area contributed by atoms with E-state index >= 15 is 0 Å². The van der Waals surface area contributed by atoms with Crippen LogP contribution in [0, 0.1) is 11.3 Å². The van der Waals surface area contributed by atoms with Crippen molar-refractivity contribution in [3.8, 4) is 6.07 Å². The molecule has 3 heteroatoms. The fourth-order valence-electron chi connectivity index (χ4n) is 1.06. The third kappa shape index (κ3) is 2.59. The highest BCUT2D eigenvalue weighted by molar-refractivity contribution is 5.06. The van der Waals surface area contributed by atoms with Crippen LogP contribution < -0.4 is 0 Å². The van der Waals surface area contributed by atoms with Gasteiger partial charge in [-0.25, -0.2) is 0 Å². The zero-order valence-electron chi connectivity index (χ0n) is 8.41. The van der Waals surface area contributed by atoms with E-state index < -0.39 is 0 Å². The van der Waals surface area contributed by atoms with Gasteiger partial charge in [-0.05, 0) is 32.8 Å². The smallest absolute Gasteiger partial charge is 0.0625 e. The van der Waals surface area contributed by atoms with Crippen LogP contribution in [0.3, 0.4) is 0 Å². The summed E-state index contributed by atoms with van der Waals surface area (Å²) in [5.41, 5.74) is 1.17. The number of hydrogen-bond acceptors (Lipinski definition) is 2. The second-order valence-corrected chi connectivity index (χ2v) is 4.12. The SMILES string of the molecule is CC(C)(C)n1cc(CCC#N)cn1. The van der Waals surface area contributed by atoms with Gasteiger partial charge in [0, 0.05) is 12.6 Å². The number of aryl methyl sites for hydroxylation is 1. The first-order chi connectivity index (χ1) is 6.04. The van der Waals surface area contributed by atoms with Crippen LogP contribution in [0.5, 0.6) is 0 Å². The molecule has 0 unspecified atom stereocenters. The summed E-state index contributed by atoms with van der Waals surface area (Å²) in [5.74, 6) is 0. The summed E-state index contributed by atoms with van der Waals surface area (Å²) >= 11 is 0. The van der Waals surface area contributed by atoms with E-state index in [0.29, 0.717) is 6.42 Å². The average molecular weight is 177 g/mol. The van der Waals surface area contributed by atoms with Crippen LogP contribution in [0.1, 0.15) is 32.8 Å². The molecule has 0 spiro atoms. The van der Waals surface area contributed by atoms with Gasteiger partial charge in [-0.15, -0.1) is 0 Å². The van der Waals surface area contributed by atoms with Crippen molar-refractivity contribution in [2.45, 2.75) is 39.2 Å². The van der Waals surface area contributed by atoms with Crippen molar-refractivity contribution < 1.29 is 0 Å². The lowest BCUT2D eigenvalue weighted by molar-refractivity contribution is 0.355. The van der Waals surface area contributed by atoms with Crippen molar-refractivity contribution in [3.63, 3.8) is 0 Å². The fourth-order valence-corrected chi connectivity index (χ4v) is 1.06. The van der Waals surface area contributed by atoms with E-state index in [0.717, 1.165) is 12.0 Å². The van der Waals surface area contributed by atoms with Crippen LogP contribution in [0.4, 0.5) is 0 Å². The predicted octanol–water partition coefficient (Wildman–Crippen LogP) is 2.09. The van der Waals surface area contributed by atoms with Crippen LogP contribution in [-0.4, -0.2) is 9.78 Å². The van der Waals surface area contributed by atoms with Gasteiger partial charge >= 0.3 is 0 Å². The number of hydrogen-bond donors (Lipinski definition) is 0. The number of nitrogens with zero attached hydrogens (tertiary/aromatic N) is 3. The summed E-state index contributed by atoms with van der Waals surface area (Å²) in [4.78, 5) is 0. The second-order valence-electron chi connectivity index (χ2n) is 4.12. The second kappa shape index (κ2) is 3.61. The maximum absolute atomic E-state index is 8.42. The molecule has 0 aromatic carbocycles. The summed E-state index contributed by atoms with van der Waals surface area (Å²) in [5, 5.41) is 12.7.